The summed E-state index contributed by atoms with van der Waals surface area (Å²) in [5, 5.41) is 64.6. The van der Waals surface area contributed by atoms with Gasteiger partial charge in [0.1, 0.15) is 23.6 Å². The second kappa shape index (κ2) is 23.1. The van der Waals surface area contributed by atoms with Gasteiger partial charge >= 0.3 is 18.1 Å². The van der Waals surface area contributed by atoms with Crippen LogP contribution in [0.4, 0.5) is 13.2 Å². The minimum Gasteiger partial charge on any atom is -0.481 e. The van der Waals surface area contributed by atoms with Crippen LogP contribution >= 0.6 is 0 Å². The van der Waals surface area contributed by atoms with Gasteiger partial charge < -0.3 is 29.5 Å². The number of aliphatic hydroxyl groups excluding tert-OH is 2. The zero-order valence-corrected chi connectivity index (χ0v) is 41.4. The largest absolute Gasteiger partial charge is 0.481 e. The molecule has 390 valence electrons. The van der Waals surface area contributed by atoms with Gasteiger partial charge in [0.15, 0.2) is 11.5 Å². The number of benzene rings is 6. The molecule has 0 saturated heterocycles. The van der Waals surface area contributed by atoms with E-state index in [4.69, 9.17) is 19.3 Å². The third-order valence-corrected chi connectivity index (χ3v) is 12.7. The summed E-state index contributed by atoms with van der Waals surface area (Å²) in [5.74, 6) is -0.863. The molecule has 0 amide bonds. The van der Waals surface area contributed by atoms with Crippen LogP contribution in [0.2, 0.25) is 0 Å². The number of aliphatic carboxylic acids is 2. The van der Waals surface area contributed by atoms with Crippen molar-refractivity contribution in [2.75, 3.05) is 0 Å². The molecule has 0 fully saturated rings. The summed E-state index contributed by atoms with van der Waals surface area (Å²) >= 11 is 0. The maximum Gasteiger partial charge on any atom is 0.416 e. The molecule has 19 heteroatoms. The van der Waals surface area contributed by atoms with E-state index < -0.39 is 35.9 Å². The molecule has 0 radical (unpaired) electrons. The molecule has 0 aliphatic heterocycles. The van der Waals surface area contributed by atoms with Gasteiger partial charge in [0.05, 0.1) is 60.0 Å². The van der Waals surface area contributed by atoms with E-state index >= 15 is 0 Å². The number of carboxylic acids is 2. The number of hydrogen-bond acceptors (Lipinski definition) is 12. The molecule has 4 heterocycles. The first-order valence-electron chi connectivity index (χ1n) is 24.2. The van der Waals surface area contributed by atoms with Gasteiger partial charge in [-0.25, -0.2) is 9.36 Å². The van der Waals surface area contributed by atoms with Gasteiger partial charge in [0.2, 0.25) is 0 Å². The van der Waals surface area contributed by atoms with Gasteiger partial charge in [0.25, 0.3) is 0 Å². The zero-order valence-electron chi connectivity index (χ0n) is 41.4. The van der Waals surface area contributed by atoms with Crippen molar-refractivity contribution in [3.05, 3.63) is 226 Å². The Morgan fingerprint density at radius 1 is 0.532 bits per heavy atom. The number of halogens is 3. The number of carbonyl (C=O) groups is 2. The number of aromatic nitrogens is 8. The van der Waals surface area contributed by atoms with Crippen LogP contribution in [0.1, 0.15) is 80.3 Å². The molecule has 0 bridgehead atoms. The summed E-state index contributed by atoms with van der Waals surface area (Å²) in [5.41, 5.74) is 10.3. The molecule has 6 aromatic carbocycles. The highest BCUT2D eigenvalue weighted by atomic mass is 19.4. The van der Waals surface area contributed by atoms with Crippen molar-refractivity contribution in [3.63, 3.8) is 0 Å². The lowest BCUT2D eigenvalue weighted by atomic mass is 9.97. The van der Waals surface area contributed by atoms with Gasteiger partial charge in [-0.1, -0.05) is 160 Å². The normalized spacial score (nSPS) is 12.2. The Balaban J connectivity index is 0.000000188. The van der Waals surface area contributed by atoms with Gasteiger partial charge in [-0.3, -0.25) is 9.59 Å². The van der Waals surface area contributed by atoms with Crippen molar-refractivity contribution in [1.29, 1.82) is 0 Å². The van der Waals surface area contributed by atoms with E-state index in [1.807, 2.05) is 115 Å². The highest BCUT2D eigenvalue weighted by molar-refractivity contribution is 5.73. The van der Waals surface area contributed by atoms with Crippen molar-refractivity contribution < 1.29 is 52.2 Å². The lowest BCUT2D eigenvalue weighted by molar-refractivity contribution is -0.138. The Bertz CT molecular complexity index is 3610. The molecular weight excluding hydrogens is 994 g/mol. The van der Waals surface area contributed by atoms with E-state index in [2.05, 4.69) is 30.9 Å². The fraction of sp³-hybridized carbons (Fsp3) is 0.172. The molecule has 0 aliphatic carbocycles. The summed E-state index contributed by atoms with van der Waals surface area (Å²) in [6.07, 6.45) is -2.95. The second-order valence-corrected chi connectivity index (χ2v) is 18.2. The molecule has 4 aromatic heterocycles. The maximum absolute atomic E-state index is 13.0. The third-order valence-electron chi connectivity index (χ3n) is 12.7. The topological polar surface area (TPSA) is 229 Å². The summed E-state index contributed by atoms with van der Waals surface area (Å²) < 4.78 is 53.4. The Morgan fingerprint density at radius 3 is 1.42 bits per heavy atom. The van der Waals surface area contributed by atoms with Crippen LogP contribution in [-0.4, -0.2) is 72.7 Å². The lowest BCUT2D eigenvalue weighted by Gasteiger charge is -2.09. The predicted octanol–water partition coefficient (Wildman–Crippen LogP) is 10.7. The first-order valence-corrected chi connectivity index (χ1v) is 24.2. The molecule has 0 spiro atoms. The van der Waals surface area contributed by atoms with E-state index in [1.165, 1.54) is 16.9 Å². The van der Waals surface area contributed by atoms with Crippen LogP contribution in [0, 0.1) is 13.8 Å². The van der Waals surface area contributed by atoms with Crippen LogP contribution in [0.25, 0.3) is 44.9 Å². The predicted molar refractivity (Wildman–Crippen MR) is 276 cm³/mol. The zero-order chi connectivity index (χ0) is 54.2. The first-order chi connectivity index (χ1) is 37.1. The molecule has 4 N–H and O–H groups in total. The van der Waals surface area contributed by atoms with Crippen LogP contribution in [0.3, 0.4) is 0 Å². The summed E-state index contributed by atoms with van der Waals surface area (Å²) in [4.78, 5) is 21.7. The molecule has 10 aromatic rings. The Labute approximate surface area is 438 Å². The van der Waals surface area contributed by atoms with E-state index in [9.17, 15) is 33.0 Å². The van der Waals surface area contributed by atoms with Crippen molar-refractivity contribution in [1.82, 2.24) is 40.3 Å². The maximum atomic E-state index is 13.0. The number of alkyl halides is 3. The highest BCUT2D eigenvalue weighted by Crippen LogP contribution is 2.37. The second-order valence-electron chi connectivity index (χ2n) is 18.2. The molecule has 0 aliphatic rings. The van der Waals surface area contributed by atoms with Crippen LogP contribution in [-0.2, 0) is 41.7 Å². The molecule has 10 rings (SSSR count). The molecular formula is C58H49F3N8O8. The summed E-state index contributed by atoms with van der Waals surface area (Å²) in [6.45, 7) is 4.07. The van der Waals surface area contributed by atoms with E-state index in [1.54, 1.807) is 42.9 Å². The van der Waals surface area contributed by atoms with Crippen LogP contribution in [0.5, 0.6) is 0 Å². The quantitative estimate of drug-likeness (QED) is 0.0665. The summed E-state index contributed by atoms with van der Waals surface area (Å²) in [6, 6.07) is 45.2. The van der Waals surface area contributed by atoms with E-state index in [0.29, 0.717) is 69.4 Å². The van der Waals surface area contributed by atoms with Gasteiger partial charge in [-0.05, 0) is 76.9 Å². The number of carboxylic acid groups (broad SMARTS) is 2. The minimum atomic E-state index is -4.45. The molecule has 0 saturated carbocycles. The molecule has 2 atom stereocenters. The number of aryl methyl sites for hydroxylation is 3. The fourth-order valence-corrected chi connectivity index (χ4v) is 8.68. The monoisotopic (exact) mass is 1040 g/mol. The lowest BCUT2D eigenvalue weighted by Crippen LogP contribution is -2.07. The third kappa shape index (κ3) is 12.8. The average molecular weight is 1040 g/mol. The van der Waals surface area contributed by atoms with Crippen molar-refractivity contribution in [2.45, 2.75) is 64.6 Å². The smallest absolute Gasteiger partial charge is 0.416 e. The average Bonchev–Trinajstić information content (AvgIpc) is 4.30. The number of rotatable bonds is 17. The van der Waals surface area contributed by atoms with Crippen molar-refractivity contribution >= 4 is 11.9 Å². The van der Waals surface area contributed by atoms with Crippen molar-refractivity contribution in [3.8, 4) is 44.9 Å². The number of nitrogens with zero attached hydrogens (tertiary/aromatic N) is 8. The van der Waals surface area contributed by atoms with E-state index in [-0.39, 0.29) is 25.1 Å². The molecule has 77 heavy (non-hydrogen) atoms. The van der Waals surface area contributed by atoms with Crippen LogP contribution in [0.15, 0.2) is 173 Å². The van der Waals surface area contributed by atoms with E-state index in [0.717, 1.165) is 51.1 Å². The minimum absolute atomic E-state index is 0.0395. The summed E-state index contributed by atoms with van der Waals surface area (Å²) in [7, 11) is 0. The SMILES string of the molecule is Cc1noc(-c2ccc(-c3ccc(CC(=O)O)cc3)cc2)c1C(O)c1cn(Cc2cccc(C(F)(F)F)c2)nn1.Cc1noc(-c2ccc(-c3ccc(CCC(=O)O)cc3)cc2)c1C(O)c1cn(Cc2ccccc2)nn1. The number of aliphatic hydroxyl groups is 2. The van der Waals surface area contributed by atoms with Gasteiger partial charge in [-0.15, -0.1) is 10.2 Å². The Kier molecular flexibility index (Phi) is 15.7. The van der Waals surface area contributed by atoms with Gasteiger partial charge in [0, 0.05) is 17.5 Å². The molecule has 16 nitrogen and oxygen atoms in total. The fourth-order valence-electron chi connectivity index (χ4n) is 8.68. The van der Waals surface area contributed by atoms with Gasteiger partial charge in [-0.2, -0.15) is 13.2 Å². The standard InChI is InChI=1S/C29H23F3N4O4.C29H26N4O4/c1-17-26(27(39)24-16-36(35-33-24)15-19-3-2-4-23(13-19)29(30,31)32)28(40-34-17)22-11-9-21(10-12-22)20-7-5-18(6-8-20)14-25(37)38;1-19-27(28(36)25-18-33(32-30-25)17-21-5-3-2-4-6-21)29(37-31-19)24-14-12-23(13-15-24)22-10-7-20(8-11-22)9-16-26(34)35/h2-13,16,27,39H,14-15H2,1H3,(H,37,38);2-8,10-15,18,28,36H,9,16-17H2,1H3,(H,34,35). The van der Waals surface area contributed by atoms with Crippen molar-refractivity contribution in [2.24, 2.45) is 0 Å². The number of hydrogen-bond donors (Lipinski definition) is 4. The Hall–Kier alpha value is -9.33. The highest BCUT2D eigenvalue weighted by Gasteiger charge is 2.31. The Morgan fingerprint density at radius 2 is 0.961 bits per heavy atom. The molecule has 2 unspecified atom stereocenters. The first kappa shape index (κ1) is 52.5. The van der Waals surface area contributed by atoms with Crippen LogP contribution < -0.4 is 0 Å².